The maximum atomic E-state index is 4.43. The lowest BCUT2D eigenvalue weighted by atomic mass is 10.1. The lowest BCUT2D eigenvalue weighted by Crippen LogP contribution is -2.24. The number of nitrogens with one attached hydrogen (secondary N) is 2. The molecular weight excluding hydrogens is 228 g/mol. The van der Waals surface area contributed by atoms with Crippen LogP contribution >= 0.6 is 0 Å². The lowest BCUT2D eigenvalue weighted by Gasteiger charge is -2.19. The van der Waals surface area contributed by atoms with Gasteiger partial charge in [0.25, 0.3) is 0 Å². The van der Waals surface area contributed by atoms with Crippen molar-refractivity contribution in [3.8, 4) is 0 Å². The predicted octanol–water partition coefficient (Wildman–Crippen LogP) is 1.58. The van der Waals surface area contributed by atoms with Crippen LogP contribution in [0.5, 0.6) is 0 Å². The molecule has 0 spiro atoms. The molecule has 2 rings (SSSR count). The van der Waals surface area contributed by atoms with Gasteiger partial charge in [0.1, 0.15) is 0 Å². The quantitative estimate of drug-likeness (QED) is 0.846. The van der Waals surface area contributed by atoms with E-state index in [2.05, 4.69) is 32.5 Å². The second-order valence-electron chi connectivity index (χ2n) is 5.09. The van der Waals surface area contributed by atoms with E-state index < -0.39 is 0 Å². The first-order valence-corrected chi connectivity index (χ1v) is 6.48. The highest BCUT2D eigenvalue weighted by Gasteiger charge is 2.24. The summed E-state index contributed by atoms with van der Waals surface area (Å²) in [5.74, 6) is 2.61. The molecule has 1 aliphatic rings. The van der Waals surface area contributed by atoms with Gasteiger partial charge in [0.15, 0.2) is 0 Å². The third-order valence-electron chi connectivity index (χ3n) is 3.42. The van der Waals surface area contributed by atoms with Crippen molar-refractivity contribution in [3.63, 3.8) is 0 Å². The fourth-order valence-corrected chi connectivity index (χ4v) is 2.27. The Bertz CT molecular complexity index is 406. The van der Waals surface area contributed by atoms with Gasteiger partial charge in [-0.3, -0.25) is 0 Å². The highest BCUT2D eigenvalue weighted by molar-refractivity contribution is 5.43. The molecule has 0 bridgehead atoms. The molecule has 1 aromatic heterocycles. The summed E-state index contributed by atoms with van der Waals surface area (Å²) in [6, 6.07) is 0.479. The minimum absolute atomic E-state index is 0.479. The second kappa shape index (κ2) is 5.37. The van der Waals surface area contributed by atoms with Crippen molar-refractivity contribution in [1.82, 2.24) is 15.0 Å². The van der Waals surface area contributed by atoms with E-state index in [1.807, 2.05) is 26.0 Å². The first-order valence-electron chi connectivity index (χ1n) is 6.48. The maximum absolute atomic E-state index is 4.43. The van der Waals surface area contributed by atoms with Crippen molar-refractivity contribution in [2.45, 2.75) is 32.2 Å². The van der Waals surface area contributed by atoms with E-state index >= 15 is 0 Å². The Hall–Kier alpha value is -1.59. The van der Waals surface area contributed by atoms with E-state index in [1.165, 1.54) is 19.3 Å². The van der Waals surface area contributed by atoms with Gasteiger partial charge in [-0.05, 0) is 18.8 Å². The smallest absolute Gasteiger partial charge is 0.231 e. The Balaban J connectivity index is 2.18. The SMILES string of the molecule is CNc1nc(NC2CCCC2C)nc(N(C)C)n1. The average Bonchev–Trinajstić information content (AvgIpc) is 2.74. The van der Waals surface area contributed by atoms with Crippen LogP contribution in [0, 0.1) is 5.92 Å². The minimum Gasteiger partial charge on any atom is -0.357 e. The Labute approximate surface area is 108 Å². The van der Waals surface area contributed by atoms with Gasteiger partial charge in [0.2, 0.25) is 17.8 Å². The summed E-state index contributed by atoms with van der Waals surface area (Å²) in [7, 11) is 5.67. The molecule has 0 aromatic carbocycles. The number of anilines is 3. The Morgan fingerprint density at radius 2 is 1.83 bits per heavy atom. The number of rotatable bonds is 4. The van der Waals surface area contributed by atoms with Crippen molar-refractivity contribution < 1.29 is 0 Å². The third kappa shape index (κ3) is 2.80. The van der Waals surface area contributed by atoms with Crippen LogP contribution in [0.25, 0.3) is 0 Å². The largest absolute Gasteiger partial charge is 0.357 e. The monoisotopic (exact) mass is 250 g/mol. The Morgan fingerprint density at radius 3 is 2.39 bits per heavy atom. The van der Waals surface area contributed by atoms with E-state index in [0.717, 1.165) is 0 Å². The lowest BCUT2D eigenvalue weighted by molar-refractivity contribution is 0.553. The van der Waals surface area contributed by atoms with E-state index in [0.29, 0.717) is 29.8 Å². The van der Waals surface area contributed by atoms with E-state index in [-0.39, 0.29) is 0 Å². The molecule has 1 saturated carbocycles. The molecule has 1 aliphatic carbocycles. The first-order chi connectivity index (χ1) is 8.60. The Morgan fingerprint density at radius 1 is 1.11 bits per heavy atom. The van der Waals surface area contributed by atoms with Crippen LogP contribution in [-0.4, -0.2) is 42.1 Å². The summed E-state index contributed by atoms with van der Waals surface area (Å²) < 4.78 is 0. The van der Waals surface area contributed by atoms with Crippen molar-refractivity contribution in [3.05, 3.63) is 0 Å². The fourth-order valence-electron chi connectivity index (χ4n) is 2.27. The summed E-state index contributed by atoms with van der Waals surface area (Å²) >= 11 is 0. The van der Waals surface area contributed by atoms with Gasteiger partial charge in [-0.1, -0.05) is 13.3 Å². The normalized spacial score (nSPS) is 22.9. The molecule has 0 aliphatic heterocycles. The molecule has 1 aromatic rings. The van der Waals surface area contributed by atoms with Crippen LogP contribution in [0.4, 0.5) is 17.8 Å². The van der Waals surface area contributed by atoms with E-state index in [4.69, 9.17) is 0 Å². The van der Waals surface area contributed by atoms with Crippen LogP contribution < -0.4 is 15.5 Å². The summed E-state index contributed by atoms with van der Waals surface area (Å²) in [4.78, 5) is 15.0. The fraction of sp³-hybridized carbons (Fsp3) is 0.750. The molecule has 6 nitrogen and oxygen atoms in total. The molecule has 0 saturated heterocycles. The molecule has 1 heterocycles. The Kier molecular flexibility index (Phi) is 3.84. The molecule has 2 atom stereocenters. The van der Waals surface area contributed by atoms with Crippen molar-refractivity contribution >= 4 is 17.8 Å². The predicted molar refractivity (Wildman–Crippen MR) is 74.1 cm³/mol. The second-order valence-corrected chi connectivity index (χ2v) is 5.09. The molecule has 0 radical (unpaired) electrons. The number of hydrogen-bond donors (Lipinski definition) is 2. The zero-order valence-corrected chi connectivity index (χ0v) is 11.6. The third-order valence-corrected chi connectivity index (χ3v) is 3.42. The van der Waals surface area contributed by atoms with Gasteiger partial charge < -0.3 is 15.5 Å². The highest BCUT2D eigenvalue weighted by Crippen LogP contribution is 2.27. The van der Waals surface area contributed by atoms with Gasteiger partial charge >= 0.3 is 0 Å². The standard InChI is InChI=1S/C12H22N6/c1-8-6-5-7-9(8)14-11-15-10(13-2)16-12(17-11)18(3)4/h8-9H,5-7H2,1-4H3,(H2,13,14,15,16,17). The van der Waals surface area contributed by atoms with Gasteiger partial charge in [-0.2, -0.15) is 15.0 Å². The number of hydrogen-bond acceptors (Lipinski definition) is 6. The van der Waals surface area contributed by atoms with Gasteiger partial charge in [-0.15, -0.1) is 0 Å². The van der Waals surface area contributed by atoms with E-state index in [1.54, 1.807) is 0 Å². The zero-order chi connectivity index (χ0) is 13.1. The summed E-state index contributed by atoms with van der Waals surface area (Å²) in [5.41, 5.74) is 0. The van der Waals surface area contributed by atoms with Crippen LogP contribution in [0.15, 0.2) is 0 Å². The molecule has 6 heteroatoms. The van der Waals surface area contributed by atoms with Crippen LogP contribution in [-0.2, 0) is 0 Å². The summed E-state index contributed by atoms with van der Waals surface area (Å²) in [5, 5.41) is 6.40. The molecule has 18 heavy (non-hydrogen) atoms. The maximum Gasteiger partial charge on any atom is 0.231 e. The summed E-state index contributed by atoms with van der Waals surface area (Å²) in [6.45, 7) is 2.28. The van der Waals surface area contributed by atoms with Crippen molar-refractivity contribution in [2.75, 3.05) is 36.7 Å². The molecule has 2 unspecified atom stereocenters. The number of nitrogens with zero attached hydrogens (tertiary/aromatic N) is 4. The molecule has 2 N–H and O–H groups in total. The number of aromatic nitrogens is 3. The first kappa shape index (κ1) is 12.9. The molecular formula is C12H22N6. The molecule has 1 fully saturated rings. The van der Waals surface area contributed by atoms with Gasteiger partial charge in [-0.25, -0.2) is 0 Å². The average molecular weight is 250 g/mol. The van der Waals surface area contributed by atoms with Crippen molar-refractivity contribution in [2.24, 2.45) is 5.92 Å². The van der Waals surface area contributed by atoms with Crippen LogP contribution in [0.2, 0.25) is 0 Å². The van der Waals surface area contributed by atoms with Gasteiger partial charge in [0.05, 0.1) is 0 Å². The van der Waals surface area contributed by atoms with Crippen molar-refractivity contribution in [1.29, 1.82) is 0 Å². The highest BCUT2D eigenvalue weighted by atomic mass is 15.3. The van der Waals surface area contributed by atoms with Crippen LogP contribution in [0.3, 0.4) is 0 Å². The van der Waals surface area contributed by atoms with E-state index in [9.17, 15) is 0 Å². The molecule has 0 amide bonds. The summed E-state index contributed by atoms with van der Waals surface area (Å²) in [6.07, 6.45) is 3.75. The topological polar surface area (TPSA) is 66.0 Å². The van der Waals surface area contributed by atoms with Gasteiger partial charge in [0, 0.05) is 27.2 Å². The zero-order valence-electron chi connectivity index (χ0n) is 11.6. The minimum atomic E-state index is 0.479. The molecule has 100 valence electrons. The van der Waals surface area contributed by atoms with Crippen LogP contribution in [0.1, 0.15) is 26.2 Å².